The number of carbonyl (C=O) groups is 2. The fourth-order valence-corrected chi connectivity index (χ4v) is 9.56. The van der Waals surface area contributed by atoms with Gasteiger partial charge in [-0.2, -0.15) is 0 Å². The quantitative estimate of drug-likeness (QED) is 0.183. The fraction of sp³-hybridized carbons (Fsp3) is 0.306. The summed E-state index contributed by atoms with van der Waals surface area (Å²) >= 11 is 12.8. The Morgan fingerprint density at radius 3 is 2.20 bits per heavy atom. The molecule has 45 heavy (non-hydrogen) atoms. The number of morpholine rings is 1. The molecule has 0 radical (unpaired) electrons. The molecular formula is C36H30Cl2FN3O3. The fourth-order valence-electron chi connectivity index (χ4n) is 9.23. The third-order valence-corrected chi connectivity index (χ3v) is 10.9. The summed E-state index contributed by atoms with van der Waals surface area (Å²) in [6.07, 6.45) is 0.469. The van der Waals surface area contributed by atoms with E-state index in [4.69, 9.17) is 27.9 Å². The first kappa shape index (κ1) is 28.7. The molecule has 4 aliphatic rings. The Morgan fingerprint density at radius 2 is 1.53 bits per heavy atom. The number of ether oxygens (including phenoxy) is 1. The number of nitrogens with one attached hydrogen (secondary N) is 1. The number of pyridine rings is 1. The van der Waals surface area contributed by atoms with Crippen molar-refractivity contribution >= 4 is 40.9 Å². The van der Waals surface area contributed by atoms with Gasteiger partial charge >= 0.3 is 5.97 Å². The van der Waals surface area contributed by atoms with E-state index in [1.54, 1.807) is 24.3 Å². The molecule has 1 saturated carbocycles. The Labute approximate surface area is 270 Å². The minimum atomic E-state index is -1.41. The third-order valence-electron chi connectivity index (χ3n) is 10.4. The second-order valence-electron chi connectivity index (χ2n) is 13.4. The summed E-state index contributed by atoms with van der Waals surface area (Å²) in [5, 5.41) is 3.15. The SMILES string of the molecule is CC1(C)CC2(C1)N1[C@H](c3ccccc3)[C@H](c3ccccc3)OC(=O)[C@H]1[C@H](c1cccc(Cl)c1F)[C@@]21C(=O)Nc2nc(Cl)ccc21. The van der Waals surface area contributed by atoms with Crippen LogP contribution >= 0.6 is 23.2 Å². The molecule has 2 spiro atoms. The Kier molecular flexibility index (Phi) is 6.28. The van der Waals surface area contributed by atoms with Crippen LogP contribution in [0.2, 0.25) is 10.2 Å². The summed E-state index contributed by atoms with van der Waals surface area (Å²) in [7, 11) is 0. The van der Waals surface area contributed by atoms with Crippen LogP contribution in [-0.4, -0.2) is 33.3 Å². The van der Waals surface area contributed by atoms with Crippen molar-refractivity contribution in [1.82, 2.24) is 9.88 Å². The van der Waals surface area contributed by atoms with Crippen molar-refractivity contribution in [2.75, 3.05) is 5.32 Å². The van der Waals surface area contributed by atoms with Crippen molar-refractivity contribution in [3.05, 3.63) is 129 Å². The number of nitrogens with zero attached hydrogens (tertiary/aromatic N) is 2. The number of aromatic nitrogens is 1. The standard InChI is InChI=1S/C36H30Cl2FN3O3/c1-34(2)18-35(19-34)36(23-16-17-25(38)40-31(23)41-33(36)44)26(22-14-9-15-24(37)27(22)39)29-32(43)45-30(21-12-7-4-8-13-21)28(42(29)35)20-10-5-3-6-11-20/h3-17,26,28-30H,18-19H2,1-2H3,(H,40,41,44)/t26-,28+,29+,30-,36-/m0/s1. The smallest absolute Gasteiger partial charge is 0.324 e. The van der Waals surface area contributed by atoms with Crippen LogP contribution in [0.25, 0.3) is 0 Å². The molecule has 3 fully saturated rings. The minimum Gasteiger partial charge on any atom is -0.454 e. The molecule has 6 nitrogen and oxygen atoms in total. The van der Waals surface area contributed by atoms with Crippen LogP contribution in [0.3, 0.4) is 0 Å². The average Bonchev–Trinajstić information content (AvgIpc) is 3.44. The summed E-state index contributed by atoms with van der Waals surface area (Å²) in [5.74, 6) is -2.15. The van der Waals surface area contributed by atoms with Gasteiger partial charge in [0, 0.05) is 17.0 Å². The van der Waals surface area contributed by atoms with E-state index in [0.717, 1.165) is 11.1 Å². The molecule has 0 bridgehead atoms. The molecular weight excluding hydrogens is 612 g/mol. The van der Waals surface area contributed by atoms with Crippen molar-refractivity contribution in [2.24, 2.45) is 5.41 Å². The monoisotopic (exact) mass is 641 g/mol. The van der Waals surface area contributed by atoms with Gasteiger partial charge in [-0.1, -0.05) is 116 Å². The van der Waals surface area contributed by atoms with Crippen molar-refractivity contribution in [3.8, 4) is 0 Å². The zero-order chi connectivity index (χ0) is 31.3. The van der Waals surface area contributed by atoms with E-state index in [1.807, 2.05) is 60.7 Å². The van der Waals surface area contributed by atoms with Gasteiger partial charge in [0.2, 0.25) is 5.91 Å². The van der Waals surface area contributed by atoms with E-state index in [9.17, 15) is 9.59 Å². The number of fused-ring (bicyclic) bond motifs is 5. The average molecular weight is 643 g/mol. The molecule has 3 aromatic carbocycles. The first-order chi connectivity index (χ1) is 21.6. The van der Waals surface area contributed by atoms with Crippen molar-refractivity contribution in [1.29, 1.82) is 0 Å². The number of hydrogen-bond donors (Lipinski definition) is 1. The lowest BCUT2D eigenvalue weighted by molar-refractivity contribution is -0.195. The Hall–Kier alpha value is -3.78. The lowest BCUT2D eigenvalue weighted by Gasteiger charge is -2.64. The first-order valence-corrected chi connectivity index (χ1v) is 15.9. The van der Waals surface area contributed by atoms with Crippen LogP contribution in [-0.2, 0) is 19.7 Å². The largest absolute Gasteiger partial charge is 0.454 e. The molecule has 1 amide bonds. The first-order valence-electron chi connectivity index (χ1n) is 15.1. The van der Waals surface area contributed by atoms with Gasteiger partial charge in [-0.15, -0.1) is 0 Å². The van der Waals surface area contributed by atoms with E-state index in [-0.39, 0.29) is 27.1 Å². The van der Waals surface area contributed by atoms with Gasteiger partial charge in [0.05, 0.1) is 11.1 Å². The highest BCUT2D eigenvalue weighted by atomic mass is 35.5. The minimum absolute atomic E-state index is 0.0807. The van der Waals surface area contributed by atoms with Crippen LogP contribution in [0.1, 0.15) is 67.0 Å². The van der Waals surface area contributed by atoms with Gasteiger partial charge in [0.1, 0.15) is 34.3 Å². The normalized spacial score (nSPS) is 29.2. The molecule has 1 aliphatic carbocycles. The molecule has 4 aromatic rings. The van der Waals surface area contributed by atoms with E-state index < -0.39 is 46.8 Å². The number of benzene rings is 3. The van der Waals surface area contributed by atoms with Crippen molar-refractivity contribution < 1.29 is 18.7 Å². The Bertz CT molecular complexity index is 1860. The van der Waals surface area contributed by atoms with Gasteiger partial charge in [-0.3, -0.25) is 14.5 Å². The highest BCUT2D eigenvalue weighted by Crippen LogP contribution is 2.74. The molecule has 4 heterocycles. The predicted molar refractivity (Wildman–Crippen MR) is 170 cm³/mol. The summed E-state index contributed by atoms with van der Waals surface area (Å²) in [6.45, 7) is 4.33. The Balaban J connectivity index is 1.48. The van der Waals surface area contributed by atoms with Crippen molar-refractivity contribution in [2.45, 2.75) is 61.7 Å². The topological polar surface area (TPSA) is 71.5 Å². The second-order valence-corrected chi connectivity index (χ2v) is 14.2. The maximum atomic E-state index is 16.4. The van der Waals surface area contributed by atoms with Gasteiger partial charge in [-0.05, 0) is 47.1 Å². The van der Waals surface area contributed by atoms with Crippen molar-refractivity contribution in [3.63, 3.8) is 0 Å². The number of esters is 1. The summed E-state index contributed by atoms with van der Waals surface area (Å²) in [6, 6.07) is 26.3. The maximum Gasteiger partial charge on any atom is 0.324 e. The summed E-state index contributed by atoms with van der Waals surface area (Å²) in [5.41, 5.74) is 0.0570. The number of anilines is 1. The van der Waals surface area contributed by atoms with Gasteiger partial charge < -0.3 is 10.1 Å². The number of hydrogen-bond acceptors (Lipinski definition) is 5. The van der Waals surface area contributed by atoms with Gasteiger partial charge in [0.25, 0.3) is 0 Å². The van der Waals surface area contributed by atoms with Gasteiger partial charge in [0.15, 0.2) is 0 Å². The van der Waals surface area contributed by atoms with Crippen LogP contribution < -0.4 is 5.32 Å². The highest BCUT2D eigenvalue weighted by Gasteiger charge is 2.82. The molecule has 8 rings (SSSR count). The van der Waals surface area contributed by atoms with E-state index in [1.165, 1.54) is 6.07 Å². The molecule has 0 unspecified atom stereocenters. The number of amides is 1. The maximum absolute atomic E-state index is 16.4. The number of rotatable bonds is 3. The van der Waals surface area contributed by atoms with E-state index in [0.29, 0.717) is 24.2 Å². The zero-order valence-corrected chi connectivity index (χ0v) is 26.1. The Morgan fingerprint density at radius 1 is 0.867 bits per heavy atom. The molecule has 228 valence electrons. The van der Waals surface area contributed by atoms with Crippen LogP contribution in [0.4, 0.5) is 10.2 Å². The van der Waals surface area contributed by atoms with Crippen LogP contribution in [0, 0.1) is 11.2 Å². The lowest BCUT2D eigenvalue weighted by Crippen LogP contribution is -2.70. The molecule has 1 aromatic heterocycles. The number of cyclic esters (lactones) is 1. The van der Waals surface area contributed by atoms with E-state index in [2.05, 4.69) is 29.0 Å². The predicted octanol–water partition coefficient (Wildman–Crippen LogP) is 7.78. The lowest BCUT2D eigenvalue weighted by atomic mass is 9.46. The van der Waals surface area contributed by atoms with Crippen LogP contribution in [0.15, 0.2) is 91.0 Å². The number of halogens is 3. The molecule has 9 heteroatoms. The number of carbonyl (C=O) groups excluding carboxylic acids is 2. The molecule has 3 aliphatic heterocycles. The summed E-state index contributed by atoms with van der Waals surface area (Å²) in [4.78, 5) is 36.2. The van der Waals surface area contributed by atoms with Gasteiger partial charge in [-0.25, -0.2) is 9.37 Å². The molecule has 5 atom stereocenters. The second kappa shape index (κ2) is 9.86. The molecule has 2 saturated heterocycles. The zero-order valence-electron chi connectivity index (χ0n) is 24.6. The molecule has 1 N–H and O–H groups in total. The highest BCUT2D eigenvalue weighted by molar-refractivity contribution is 6.31. The third kappa shape index (κ3) is 3.81. The summed E-state index contributed by atoms with van der Waals surface area (Å²) < 4.78 is 22.8. The van der Waals surface area contributed by atoms with E-state index >= 15 is 4.39 Å². The van der Waals surface area contributed by atoms with Crippen LogP contribution in [0.5, 0.6) is 0 Å².